The quantitative estimate of drug-likeness (QED) is 0.203. The van der Waals surface area contributed by atoms with Gasteiger partial charge in [0.1, 0.15) is 10.6 Å². The third-order valence-electron chi connectivity index (χ3n) is 7.09. The average Bonchev–Trinajstić information content (AvgIpc) is 3.45. The van der Waals surface area contributed by atoms with Crippen molar-refractivity contribution in [3.05, 3.63) is 86.0 Å². The molecule has 226 valence electrons. The number of benzene rings is 3. The summed E-state index contributed by atoms with van der Waals surface area (Å²) in [4.78, 5) is 25.9. The molecule has 0 aliphatic carbocycles. The number of nitrogens with zero attached hydrogens (tertiary/aromatic N) is 6. The highest BCUT2D eigenvalue weighted by atomic mass is 32.2. The Morgan fingerprint density at radius 3 is 2.40 bits per heavy atom. The van der Waals surface area contributed by atoms with Crippen molar-refractivity contribution in [2.24, 2.45) is 5.10 Å². The molecule has 5 rings (SSSR count). The number of nitrogens with one attached hydrogen (secondary N) is 1. The van der Waals surface area contributed by atoms with Crippen LogP contribution < -0.4 is 19.8 Å². The fourth-order valence-corrected chi connectivity index (χ4v) is 5.84. The molecule has 2 heterocycles. The van der Waals surface area contributed by atoms with Crippen LogP contribution in [0.3, 0.4) is 0 Å². The maximum absolute atomic E-state index is 12.7. The number of nitro groups is 2. The van der Waals surface area contributed by atoms with Crippen molar-refractivity contribution in [3.63, 3.8) is 0 Å². The lowest BCUT2D eigenvalue weighted by atomic mass is 10.1. The first-order valence-electron chi connectivity index (χ1n) is 13.2. The Bertz CT molecular complexity index is 1690. The number of hydrogen-bond acceptors (Lipinski definition) is 12. The summed E-state index contributed by atoms with van der Waals surface area (Å²) in [6, 6.07) is 14.0. The van der Waals surface area contributed by atoms with E-state index in [2.05, 4.69) is 15.4 Å². The lowest BCUT2D eigenvalue weighted by Crippen LogP contribution is -2.46. The zero-order valence-electron chi connectivity index (χ0n) is 23.4. The highest BCUT2D eigenvalue weighted by molar-refractivity contribution is 7.89. The van der Waals surface area contributed by atoms with Gasteiger partial charge in [-0.25, -0.2) is 12.7 Å². The molecular formula is C27H29N7O8S. The monoisotopic (exact) mass is 611 g/mol. The molecule has 0 spiro atoms. The van der Waals surface area contributed by atoms with Crippen LogP contribution in [0.25, 0.3) is 0 Å². The van der Waals surface area contributed by atoms with E-state index in [4.69, 9.17) is 9.47 Å². The van der Waals surface area contributed by atoms with Crippen LogP contribution in [0.4, 0.5) is 22.7 Å². The normalized spacial score (nSPS) is 15.3. The zero-order valence-corrected chi connectivity index (χ0v) is 24.2. The van der Waals surface area contributed by atoms with E-state index in [9.17, 15) is 28.6 Å². The molecule has 43 heavy (non-hydrogen) atoms. The van der Waals surface area contributed by atoms with Gasteiger partial charge in [-0.15, -0.1) is 0 Å². The number of rotatable bonds is 10. The molecule has 0 radical (unpaired) electrons. The van der Waals surface area contributed by atoms with Crippen LogP contribution in [0.1, 0.15) is 11.1 Å². The molecule has 0 amide bonds. The second-order valence-electron chi connectivity index (χ2n) is 10.1. The minimum atomic E-state index is -4.04. The van der Waals surface area contributed by atoms with Crippen LogP contribution in [-0.2, 0) is 16.6 Å². The number of fused-ring (bicyclic) bond motifs is 1. The Labute approximate surface area is 247 Å². The molecule has 2 aliphatic heterocycles. The Kier molecular flexibility index (Phi) is 8.43. The van der Waals surface area contributed by atoms with Gasteiger partial charge in [-0.05, 0) is 29.8 Å². The zero-order chi connectivity index (χ0) is 30.7. The van der Waals surface area contributed by atoms with E-state index in [1.165, 1.54) is 32.4 Å². The number of nitro benzene ring substituents is 2. The fourth-order valence-electron chi connectivity index (χ4n) is 4.78. The van der Waals surface area contributed by atoms with E-state index >= 15 is 0 Å². The second kappa shape index (κ2) is 12.2. The van der Waals surface area contributed by atoms with Gasteiger partial charge < -0.3 is 14.4 Å². The molecular weight excluding hydrogens is 582 g/mol. The van der Waals surface area contributed by atoms with Crippen molar-refractivity contribution in [1.82, 2.24) is 9.21 Å². The van der Waals surface area contributed by atoms with Gasteiger partial charge in [0.2, 0.25) is 16.8 Å². The van der Waals surface area contributed by atoms with E-state index in [0.717, 1.165) is 40.0 Å². The molecule has 1 saturated heterocycles. The van der Waals surface area contributed by atoms with Gasteiger partial charge in [-0.1, -0.05) is 12.1 Å². The highest BCUT2D eigenvalue weighted by Crippen LogP contribution is 2.34. The van der Waals surface area contributed by atoms with Crippen molar-refractivity contribution < 1.29 is 27.7 Å². The summed E-state index contributed by atoms with van der Waals surface area (Å²) in [6.45, 7) is 3.58. The molecule has 0 bridgehead atoms. The molecule has 16 heteroatoms. The van der Waals surface area contributed by atoms with Crippen molar-refractivity contribution in [2.75, 3.05) is 57.4 Å². The van der Waals surface area contributed by atoms with Gasteiger partial charge in [0.15, 0.2) is 11.5 Å². The second-order valence-corrected chi connectivity index (χ2v) is 12.2. The van der Waals surface area contributed by atoms with Crippen LogP contribution in [0.2, 0.25) is 0 Å². The largest absolute Gasteiger partial charge is 0.454 e. The predicted octanol–water partition coefficient (Wildman–Crippen LogP) is 3.25. The molecule has 3 aromatic rings. The minimum absolute atomic E-state index is 0.0142. The predicted molar refractivity (Wildman–Crippen MR) is 158 cm³/mol. The Balaban J connectivity index is 1.27. The first-order chi connectivity index (χ1) is 20.5. The van der Waals surface area contributed by atoms with Crippen LogP contribution >= 0.6 is 0 Å². The van der Waals surface area contributed by atoms with Crippen LogP contribution in [0.5, 0.6) is 11.5 Å². The number of piperazine rings is 1. The summed E-state index contributed by atoms with van der Waals surface area (Å²) in [5.74, 6) is 1.47. The van der Waals surface area contributed by atoms with Crippen molar-refractivity contribution >= 4 is 39.0 Å². The molecule has 0 aromatic heterocycles. The van der Waals surface area contributed by atoms with Gasteiger partial charge >= 0.3 is 0 Å². The Morgan fingerprint density at radius 2 is 1.70 bits per heavy atom. The molecule has 2 aliphatic rings. The lowest BCUT2D eigenvalue weighted by Gasteiger charge is -2.35. The van der Waals surface area contributed by atoms with Crippen molar-refractivity contribution in [2.45, 2.75) is 11.4 Å². The number of sulfonamides is 1. The minimum Gasteiger partial charge on any atom is -0.454 e. The van der Waals surface area contributed by atoms with Gasteiger partial charge in [0, 0.05) is 70.6 Å². The van der Waals surface area contributed by atoms with Crippen LogP contribution in [0, 0.1) is 20.2 Å². The molecule has 0 atom stereocenters. The summed E-state index contributed by atoms with van der Waals surface area (Å²) in [6.07, 6.45) is 1.31. The molecule has 1 N–H and O–H groups in total. The van der Waals surface area contributed by atoms with Gasteiger partial charge in [-0.2, -0.15) is 5.10 Å². The van der Waals surface area contributed by atoms with Crippen molar-refractivity contribution in [1.29, 1.82) is 0 Å². The van der Waals surface area contributed by atoms with Crippen LogP contribution in [0.15, 0.2) is 64.6 Å². The van der Waals surface area contributed by atoms with E-state index in [0.29, 0.717) is 37.4 Å². The third-order valence-corrected chi connectivity index (χ3v) is 8.94. The number of hydrazone groups is 1. The summed E-state index contributed by atoms with van der Waals surface area (Å²) in [5.41, 5.74) is 4.13. The van der Waals surface area contributed by atoms with E-state index in [1.807, 2.05) is 23.1 Å². The first kappa shape index (κ1) is 29.7. The van der Waals surface area contributed by atoms with Gasteiger partial charge in [0.05, 0.1) is 21.7 Å². The summed E-state index contributed by atoms with van der Waals surface area (Å²) in [5, 5.41) is 27.2. The summed E-state index contributed by atoms with van der Waals surface area (Å²) < 4.78 is 37.2. The van der Waals surface area contributed by atoms with E-state index in [1.54, 1.807) is 12.1 Å². The fraction of sp³-hybridized carbons (Fsp3) is 0.296. The summed E-state index contributed by atoms with van der Waals surface area (Å²) in [7, 11) is -1.42. The maximum Gasteiger partial charge on any atom is 0.293 e. The molecule has 0 unspecified atom stereocenters. The molecule has 3 aromatic carbocycles. The average molecular weight is 612 g/mol. The summed E-state index contributed by atoms with van der Waals surface area (Å²) >= 11 is 0. The SMILES string of the molecule is CN(C)S(=O)(=O)c1cc([N+](=O)[O-])ccc1N/N=C\c1ccc(N2CCN(Cc3ccc4c(c3)OCO4)CC2)c([N+](=O)[O-])c1. The van der Waals surface area contributed by atoms with Crippen molar-refractivity contribution in [3.8, 4) is 11.5 Å². The molecule has 15 nitrogen and oxygen atoms in total. The Morgan fingerprint density at radius 1 is 0.953 bits per heavy atom. The number of ether oxygens (including phenoxy) is 2. The van der Waals surface area contributed by atoms with Gasteiger partial charge in [0.25, 0.3) is 11.4 Å². The number of non-ortho nitro benzene ring substituents is 1. The Hall–Kier alpha value is -4.80. The number of hydrogen-bond donors (Lipinski definition) is 1. The topological polar surface area (TPSA) is 173 Å². The molecule has 1 fully saturated rings. The standard InChI is InChI=1S/C27H29N7O8S/c1-30(2)43(39,40)27-15-21(33(35)36)5-6-22(27)29-28-16-19-3-7-23(24(13-19)34(37)38)32-11-9-31(10-12-32)17-20-4-8-25-26(14-20)42-18-41-25/h3-8,13-16,29H,9-12,17-18H2,1-2H3/b28-16-. The van der Waals surface area contributed by atoms with Crippen LogP contribution in [-0.4, -0.2) is 80.8 Å². The van der Waals surface area contributed by atoms with Gasteiger partial charge in [-0.3, -0.25) is 30.6 Å². The number of anilines is 2. The van der Waals surface area contributed by atoms with E-state index in [-0.39, 0.29) is 23.1 Å². The third kappa shape index (κ3) is 6.50. The van der Waals surface area contributed by atoms with E-state index < -0.39 is 25.6 Å². The maximum atomic E-state index is 12.7. The first-order valence-corrected chi connectivity index (χ1v) is 14.6. The lowest BCUT2D eigenvalue weighted by molar-refractivity contribution is -0.385. The highest BCUT2D eigenvalue weighted by Gasteiger charge is 2.26. The molecule has 0 saturated carbocycles. The smallest absolute Gasteiger partial charge is 0.293 e.